The van der Waals surface area contributed by atoms with Crippen LogP contribution in [-0.4, -0.2) is 21.3 Å². The third kappa shape index (κ3) is 2.05. The van der Waals surface area contributed by atoms with E-state index in [-0.39, 0.29) is 11.8 Å². The van der Waals surface area contributed by atoms with E-state index < -0.39 is 11.4 Å². The third-order valence-corrected chi connectivity index (χ3v) is 9.13. The molecule has 1 unspecified atom stereocenters. The summed E-state index contributed by atoms with van der Waals surface area (Å²) >= 11 is 0. The van der Waals surface area contributed by atoms with Gasteiger partial charge in [-0.3, -0.25) is 0 Å². The molecule has 4 saturated carbocycles. The van der Waals surface area contributed by atoms with Gasteiger partial charge in [-0.1, -0.05) is 26.7 Å². The van der Waals surface area contributed by atoms with E-state index in [0.717, 1.165) is 37.5 Å². The van der Waals surface area contributed by atoms with Gasteiger partial charge in [0.1, 0.15) is 0 Å². The molecule has 23 heavy (non-hydrogen) atoms. The lowest BCUT2D eigenvalue weighted by molar-refractivity contribution is -0.401. The molecule has 0 aromatic rings. The zero-order valence-corrected chi connectivity index (χ0v) is 14.8. The highest BCUT2D eigenvalue weighted by Crippen LogP contribution is 2.69. The van der Waals surface area contributed by atoms with E-state index in [9.17, 15) is 15.3 Å². The van der Waals surface area contributed by atoms with Gasteiger partial charge in [0.25, 0.3) is 5.97 Å². The number of hydrogen-bond donors (Lipinski definition) is 3. The molecule has 4 rings (SSSR count). The molecule has 0 radical (unpaired) electrons. The molecule has 4 aliphatic rings. The third-order valence-electron chi connectivity index (χ3n) is 9.13. The van der Waals surface area contributed by atoms with Crippen LogP contribution in [0.3, 0.4) is 0 Å². The van der Waals surface area contributed by atoms with E-state index in [1.54, 1.807) is 0 Å². The van der Waals surface area contributed by atoms with Crippen LogP contribution in [0.25, 0.3) is 0 Å². The van der Waals surface area contributed by atoms with Crippen LogP contribution in [0.5, 0.6) is 0 Å². The molecule has 0 amide bonds. The Kier molecular flexibility index (Phi) is 3.69. The highest BCUT2D eigenvalue weighted by atomic mass is 16.7. The summed E-state index contributed by atoms with van der Waals surface area (Å²) in [6.07, 6.45) is 12.0. The van der Waals surface area contributed by atoms with Crippen molar-refractivity contribution in [2.45, 2.75) is 84.0 Å². The minimum Gasteiger partial charge on any atom is -0.343 e. The number of hydrogen-bond acceptors (Lipinski definition) is 3. The van der Waals surface area contributed by atoms with Crippen LogP contribution in [0, 0.1) is 40.4 Å². The second-order valence-corrected chi connectivity index (χ2v) is 9.60. The maximum Gasteiger partial charge on any atom is 0.281 e. The molecule has 3 nitrogen and oxygen atoms in total. The second-order valence-electron chi connectivity index (χ2n) is 9.60. The Bertz CT molecular complexity index is 470. The lowest BCUT2D eigenvalue weighted by Crippen LogP contribution is -2.61. The molecule has 0 saturated heterocycles. The fraction of sp³-hybridized carbons (Fsp3) is 1.00. The second kappa shape index (κ2) is 5.19. The number of fused-ring (bicyclic) bond motifs is 5. The van der Waals surface area contributed by atoms with Crippen molar-refractivity contribution in [1.29, 1.82) is 0 Å². The summed E-state index contributed by atoms with van der Waals surface area (Å²) in [6.45, 7) is 4.65. The minimum atomic E-state index is -2.51. The average Bonchev–Trinajstić information content (AvgIpc) is 2.85. The van der Waals surface area contributed by atoms with Crippen molar-refractivity contribution in [2.24, 2.45) is 40.4 Å². The van der Waals surface area contributed by atoms with Crippen LogP contribution in [0.1, 0.15) is 78.1 Å². The van der Waals surface area contributed by atoms with E-state index in [4.69, 9.17) is 0 Å². The fourth-order valence-corrected chi connectivity index (χ4v) is 7.98. The highest BCUT2D eigenvalue weighted by molar-refractivity contribution is 5.11. The summed E-state index contributed by atoms with van der Waals surface area (Å²) < 4.78 is 0. The smallest absolute Gasteiger partial charge is 0.281 e. The first-order chi connectivity index (χ1) is 10.8. The van der Waals surface area contributed by atoms with Gasteiger partial charge in [0.2, 0.25) is 0 Å². The first kappa shape index (κ1) is 16.4. The molecule has 0 aromatic heterocycles. The minimum absolute atomic E-state index is 0.199. The van der Waals surface area contributed by atoms with Crippen molar-refractivity contribution in [2.75, 3.05) is 0 Å². The summed E-state index contributed by atoms with van der Waals surface area (Å²) in [7, 11) is 0. The maximum atomic E-state index is 10.3. The van der Waals surface area contributed by atoms with Gasteiger partial charge in [-0.2, -0.15) is 0 Å². The molecule has 7 atom stereocenters. The van der Waals surface area contributed by atoms with Gasteiger partial charge in [-0.15, -0.1) is 0 Å². The number of aliphatic hydroxyl groups is 3. The van der Waals surface area contributed by atoms with Crippen molar-refractivity contribution in [3.8, 4) is 0 Å². The van der Waals surface area contributed by atoms with E-state index in [2.05, 4.69) is 13.8 Å². The molecule has 3 N–H and O–H groups in total. The van der Waals surface area contributed by atoms with Gasteiger partial charge >= 0.3 is 0 Å². The summed E-state index contributed by atoms with van der Waals surface area (Å²) in [5.74, 6) is 0.168. The van der Waals surface area contributed by atoms with Crippen LogP contribution >= 0.6 is 0 Å². The molecule has 0 heterocycles. The Balaban J connectivity index is 1.69. The Labute approximate surface area is 140 Å². The van der Waals surface area contributed by atoms with Gasteiger partial charge in [-0.05, 0) is 86.4 Å². The lowest BCUT2D eigenvalue weighted by Gasteiger charge is -2.61. The summed E-state index contributed by atoms with van der Waals surface area (Å²) in [6, 6.07) is 0. The largest absolute Gasteiger partial charge is 0.343 e. The maximum absolute atomic E-state index is 10.3. The molecular formula is C20H34O3. The van der Waals surface area contributed by atoms with Crippen LogP contribution in [0.2, 0.25) is 0 Å². The SMILES string of the molecule is C[C@@H]1CC[C@H]2[C@@H]3CCC4CCCC[C@]4(C)[C@H]3CC[C@]12C(O)(O)O. The zero-order valence-electron chi connectivity index (χ0n) is 14.8. The van der Waals surface area contributed by atoms with Gasteiger partial charge in [-0.25, -0.2) is 0 Å². The number of rotatable bonds is 1. The van der Waals surface area contributed by atoms with Gasteiger partial charge in [0.15, 0.2) is 0 Å². The van der Waals surface area contributed by atoms with Crippen molar-refractivity contribution in [3.63, 3.8) is 0 Å². The van der Waals surface area contributed by atoms with Crippen molar-refractivity contribution >= 4 is 0 Å². The van der Waals surface area contributed by atoms with Crippen LogP contribution < -0.4 is 0 Å². The molecule has 0 spiro atoms. The molecule has 4 fully saturated rings. The summed E-state index contributed by atoms with van der Waals surface area (Å²) in [5, 5.41) is 30.8. The topological polar surface area (TPSA) is 60.7 Å². The Hall–Kier alpha value is -0.120. The van der Waals surface area contributed by atoms with Crippen LogP contribution in [-0.2, 0) is 0 Å². The molecular weight excluding hydrogens is 288 g/mol. The van der Waals surface area contributed by atoms with Crippen LogP contribution in [0.15, 0.2) is 0 Å². The molecule has 3 heteroatoms. The Morgan fingerprint density at radius 1 is 0.826 bits per heavy atom. The normalized spacial score (nSPS) is 53.3. The zero-order chi connectivity index (χ0) is 16.5. The highest BCUT2D eigenvalue weighted by Gasteiger charge is 2.67. The van der Waals surface area contributed by atoms with E-state index in [1.165, 1.54) is 38.5 Å². The van der Waals surface area contributed by atoms with Gasteiger partial charge in [0.05, 0.1) is 5.41 Å². The standard InChI is InChI=1S/C20H34O3/c1-13-6-9-17-15-8-7-14-5-3-4-11-18(14,2)16(15)10-12-19(13,17)20(21,22)23/h13-17,21-23H,3-12H2,1-2H3/t13-,14?,15-,16+,17+,18+,19+/m1/s1. The molecule has 132 valence electrons. The van der Waals surface area contributed by atoms with Crippen LogP contribution in [0.4, 0.5) is 0 Å². The van der Waals surface area contributed by atoms with Gasteiger partial charge in [0, 0.05) is 0 Å². The van der Waals surface area contributed by atoms with Crippen molar-refractivity contribution < 1.29 is 15.3 Å². The lowest BCUT2D eigenvalue weighted by atomic mass is 9.44. The predicted molar refractivity (Wildman–Crippen MR) is 89.2 cm³/mol. The predicted octanol–water partition coefficient (Wildman–Crippen LogP) is 3.67. The van der Waals surface area contributed by atoms with E-state index in [1.807, 2.05) is 0 Å². The van der Waals surface area contributed by atoms with Crippen molar-refractivity contribution in [3.05, 3.63) is 0 Å². The first-order valence-electron chi connectivity index (χ1n) is 9.98. The first-order valence-corrected chi connectivity index (χ1v) is 9.98. The van der Waals surface area contributed by atoms with Gasteiger partial charge < -0.3 is 15.3 Å². The molecule has 0 bridgehead atoms. The van der Waals surface area contributed by atoms with E-state index >= 15 is 0 Å². The molecule has 0 aromatic carbocycles. The Morgan fingerprint density at radius 2 is 1.61 bits per heavy atom. The fourth-order valence-electron chi connectivity index (χ4n) is 7.98. The quantitative estimate of drug-likeness (QED) is 0.646. The average molecular weight is 322 g/mol. The summed E-state index contributed by atoms with van der Waals surface area (Å²) in [5.41, 5.74) is -0.228. The molecule has 0 aliphatic heterocycles. The van der Waals surface area contributed by atoms with Crippen molar-refractivity contribution in [1.82, 2.24) is 0 Å². The summed E-state index contributed by atoms with van der Waals surface area (Å²) in [4.78, 5) is 0. The molecule has 4 aliphatic carbocycles. The van der Waals surface area contributed by atoms with E-state index in [0.29, 0.717) is 11.3 Å². The monoisotopic (exact) mass is 322 g/mol. The Morgan fingerprint density at radius 3 is 2.35 bits per heavy atom.